The van der Waals surface area contributed by atoms with E-state index in [-0.39, 0.29) is 0 Å². The number of ketones is 1. The third-order valence-corrected chi connectivity index (χ3v) is 11.8. The molecule has 0 aromatic rings. The first kappa shape index (κ1) is 12.8. The van der Waals surface area contributed by atoms with Crippen LogP contribution in [0.25, 0.3) is 0 Å². The molecule has 1 rings (SSSR count). The van der Waals surface area contributed by atoms with E-state index in [1.807, 2.05) is 0 Å². The topological polar surface area (TPSA) is 17.1 Å². The Bertz CT molecular complexity index is 211. The Morgan fingerprint density at radius 1 is 1.36 bits per heavy atom. The van der Waals surface area contributed by atoms with Gasteiger partial charge >= 0.3 is 100 Å². The van der Waals surface area contributed by atoms with Crippen LogP contribution in [0, 0.1) is 11.8 Å². The van der Waals surface area contributed by atoms with Gasteiger partial charge in [0.25, 0.3) is 0 Å². The maximum atomic E-state index is 11.7. The van der Waals surface area contributed by atoms with Gasteiger partial charge in [-0.3, -0.25) is 0 Å². The van der Waals surface area contributed by atoms with Crippen molar-refractivity contribution >= 4 is 35.7 Å². The first-order valence-electron chi connectivity index (χ1n) is 5.18. The van der Waals surface area contributed by atoms with E-state index in [1.165, 1.54) is 6.42 Å². The summed E-state index contributed by atoms with van der Waals surface area (Å²) < 4.78 is 0.509. The molecule has 0 aliphatic heterocycles. The van der Waals surface area contributed by atoms with E-state index in [0.717, 1.165) is 12.8 Å². The van der Waals surface area contributed by atoms with Crippen LogP contribution in [0.5, 0.6) is 0 Å². The summed E-state index contributed by atoms with van der Waals surface area (Å²) in [6.07, 6.45) is 3.26. The molecule has 0 spiro atoms. The molecule has 0 heterocycles. The minimum absolute atomic E-state index is 0.331. The third-order valence-electron chi connectivity index (χ3n) is 3.53. The van der Waals surface area contributed by atoms with Crippen molar-refractivity contribution < 1.29 is 4.79 Å². The minimum atomic E-state index is 0.331. The predicted molar refractivity (Wildman–Crippen MR) is 63.1 cm³/mol. The fourth-order valence-corrected chi connectivity index (χ4v) is 7.09. The van der Waals surface area contributed by atoms with Crippen LogP contribution in [0.4, 0.5) is 0 Å². The van der Waals surface area contributed by atoms with E-state index < -0.39 is 0 Å². The van der Waals surface area contributed by atoms with Crippen molar-refractivity contribution in [2.45, 2.75) is 48.0 Å². The first-order valence-corrected chi connectivity index (χ1v) is 10.3. The molecule has 3 heteroatoms. The van der Waals surface area contributed by atoms with E-state index >= 15 is 0 Å². The summed E-state index contributed by atoms with van der Waals surface area (Å²) >= 11 is 1.36. The molecule has 0 unspecified atom stereocenters. The Labute approximate surface area is 100 Å². The summed E-state index contributed by atoms with van der Waals surface area (Å²) in [6.45, 7) is 4.56. The van der Waals surface area contributed by atoms with Crippen LogP contribution in [0.15, 0.2) is 0 Å². The Hall–Kier alpha value is 0.709. The number of carbonyl (C=O) groups excluding carboxylic acids is 1. The van der Waals surface area contributed by atoms with Gasteiger partial charge in [-0.2, -0.15) is 0 Å². The number of carbonyl (C=O) groups is 1. The standard InChI is InChI=1S/C11H20OSe2/c1-8-9(6-5-7-10(8)12)11(2,13-3)14-4/h8-9H,5-7H2,1-4H3/t8-,9-/m0/s1. The molecular formula is C11H20OSe2. The van der Waals surface area contributed by atoms with Gasteiger partial charge in [0.1, 0.15) is 0 Å². The third kappa shape index (κ3) is 2.44. The van der Waals surface area contributed by atoms with Crippen LogP contribution in [0.1, 0.15) is 33.1 Å². The predicted octanol–water partition coefficient (Wildman–Crippen LogP) is 2.63. The molecule has 14 heavy (non-hydrogen) atoms. The average molecular weight is 326 g/mol. The first-order chi connectivity index (χ1) is 6.55. The van der Waals surface area contributed by atoms with Crippen LogP contribution in [-0.4, -0.2) is 35.7 Å². The molecular weight excluding hydrogens is 306 g/mol. The van der Waals surface area contributed by atoms with Gasteiger partial charge in [-0.15, -0.1) is 0 Å². The van der Waals surface area contributed by atoms with Crippen molar-refractivity contribution in [1.82, 2.24) is 0 Å². The second-order valence-electron chi connectivity index (χ2n) is 4.18. The summed E-state index contributed by atoms with van der Waals surface area (Å²) in [6, 6.07) is 0. The average Bonchev–Trinajstić information content (AvgIpc) is 2.21. The molecule has 0 N–H and O–H groups in total. The van der Waals surface area contributed by atoms with Crippen LogP contribution < -0.4 is 0 Å². The van der Waals surface area contributed by atoms with E-state index in [2.05, 4.69) is 25.5 Å². The van der Waals surface area contributed by atoms with Crippen molar-refractivity contribution in [3.63, 3.8) is 0 Å². The second kappa shape index (κ2) is 5.16. The van der Waals surface area contributed by atoms with Crippen molar-refractivity contribution in [2.24, 2.45) is 11.8 Å². The number of hydrogen-bond donors (Lipinski definition) is 0. The molecule has 1 aliphatic carbocycles. The van der Waals surface area contributed by atoms with Crippen molar-refractivity contribution in [1.29, 1.82) is 0 Å². The quantitative estimate of drug-likeness (QED) is 0.729. The fraction of sp³-hybridized carbons (Fsp3) is 0.909. The Balaban J connectivity index is 2.79. The van der Waals surface area contributed by atoms with Gasteiger partial charge in [-0.1, -0.05) is 0 Å². The maximum absolute atomic E-state index is 11.7. The van der Waals surface area contributed by atoms with Crippen LogP contribution >= 0.6 is 0 Å². The molecule has 82 valence electrons. The monoisotopic (exact) mass is 328 g/mol. The molecule has 1 nitrogen and oxygen atoms in total. The van der Waals surface area contributed by atoms with Crippen LogP contribution in [-0.2, 0) is 4.79 Å². The molecule has 0 aromatic carbocycles. The van der Waals surface area contributed by atoms with Gasteiger partial charge < -0.3 is 0 Å². The number of hydrogen-bond acceptors (Lipinski definition) is 1. The SMILES string of the molecule is C[Se]C(C)([Se]C)[C@H]1CCCC(=O)[C@H]1C. The molecule has 0 bridgehead atoms. The summed E-state index contributed by atoms with van der Waals surface area (Å²) in [4.78, 5) is 11.7. The summed E-state index contributed by atoms with van der Waals surface area (Å²) in [5.74, 6) is 6.20. The fourth-order valence-electron chi connectivity index (χ4n) is 2.30. The van der Waals surface area contributed by atoms with Crippen LogP contribution in [0.3, 0.4) is 0 Å². The van der Waals surface area contributed by atoms with E-state index in [4.69, 9.17) is 0 Å². The van der Waals surface area contributed by atoms with Gasteiger partial charge in [0.15, 0.2) is 0 Å². The molecule has 1 saturated carbocycles. The normalized spacial score (nSPS) is 29.3. The molecule has 0 radical (unpaired) electrons. The van der Waals surface area contributed by atoms with Gasteiger partial charge in [0.2, 0.25) is 0 Å². The molecule has 1 aliphatic rings. The van der Waals surface area contributed by atoms with E-state index in [0.29, 0.717) is 50.7 Å². The van der Waals surface area contributed by atoms with Crippen LogP contribution in [0.2, 0.25) is 14.9 Å². The van der Waals surface area contributed by atoms with Gasteiger partial charge in [0, 0.05) is 0 Å². The zero-order valence-corrected chi connectivity index (χ0v) is 12.9. The summed E-state index contributed by atoms with van der Waals surface area (Å²) in [7, 11) is 0. The zero-order valence-electron chi connectivity index (χ0n) is 9.50. The Kier molecular flexibility index (Phi) is 4.71. The Morgan fingerprint density at radius 3 is 2.43 bits per heavy atom. The van der Waals surface area contributed by atoms with Gasteiger partial charge in [-0.05, 0) is 0 Å². The molecule has 0 amide bonds. The van der Waals surface area contributed by atoms with Gasteiger partial charge in [0.05, 0.1) is 0 Å². The van der Waals surface area contributed by atoms with E-state index in [9.17, 15) is 4.79 Å². The van der Waals surface area contributed by atoms with Crippen molar-refractivity contribution in [2.75, 3.05) is 0 Å². The summed E-state index contributed by atoms with van der Waals surface area (Å²) in [5.41, 5.74) is 0. The van der Waals surface area contributed by atoms with Gasteiger partial charge in [-0.25, -0.2) is 0 Å². The Morgan fingerprint density at radius 2 is 1.93 bits per heavy atom. The molecule has 0 aromatic heterocycles. The van der Waals surface area contributed by atoms with Crippen molar-refractivity contribution in [3.05, 3.63) is 0 Å². The molecule has 2 atom stereocenters. The summed E-state index contributed by atoms with van der Waals surface area (Å²) in [5, 5.41) is 0. The second-order valence-corrected chi connectivity index (χ2v) is 10.8. The molecule has 0 saturated heterocycles. The zero-order chi connectivity index (χ0) is 10.8. The number of Topliss-reactive ketones (excluding diaryl/α,β-unsaturated/α-hetero) is 1. The van der Waals surface area contributed by atoms with Crippen molar-refractivity contribution in [3.8, 4) is 0 Å². The molecule has 1 fully saturated rings. The number of rotatable bonds is 3. The van der Waals surface area contributed by atoms with E-state index in [1.54, 1.807) is 0 Å².